The van der Waals surface area contributed by atoms with Crippen LogP contribution in [0.25, 0.3) is 27.8 Å². The predicted molar refractivity (Wildman–Crippen MR) is 303 cm³/mol. The number of aryl methyl sites for hydroxylation is 2. The van der Waals surface area contributed by atoms with Crippen LogP contribution in [0.2, 0.25) is 0 Å². The molecule has 0 unspecified atom stereocenters. The van der Waals surface area contributed by atoms with Gasteiger partial charge in [-0.2, -0.15) is 0 Å². The number of hydrogen-bond acceptors (Lipinski definition) is 2. The maximum absolute atomic E-state index is 2.64. The second-order valence-corrected chi connectivity index (χ2v) is 21.0. The molecule has 0 saturated heterocycles. The summed E-state index contributed by atoms with van der Waals surface area (Å²) in [6, 6.07) is 81.4. The minimum atomic E-state index is -0.315. The molecule has 9 aromatic carbocycles. The molecule has 0 saturated carbocycles. The number of hydrogen-bond donors (Lipinski definition) is 0. The van der Waals surface area contributed by atoms with Gasteiger partial charge in [-0.3, -0.25) is 0 Å². The highest BCUT2D eigenvalue weighted by Gasteiger charge is 2.44. The van der Waals surface area contributed by atoms with Gasteiger partial charge in [-0.05, 0) is 131 Å². The van der Waals surface area contributed by atoms with Crippen molar-refractivity contribution in [1.29, 1.82) is 0 Å². The molecular formula is C68H59BN2. The first-order chi connectivity index (χ1) is 34.6. The number of fused-ring (bicyclic) bond motifs is 3. The zero-order chi connectivity index (χ0) is 48.4. The zero-order valence-corrected chi connectivity index (χ0v) is 41.7. The molecule has 0 radical (unpaired) electrons. The van der Waals surface area contributed by atoms with E-state index in [-0.39, 0.29) is 17.5 Å². The molecule has 3 aliphatic rings. The largest absolute Gasteiger partial charge is 0.314 e. The predicted octanol–water partition coefficient (Wildman–Crippen LogP) is 15.8. The van der Waals surface area contributed by atoms with Crippen LogP contribution >= 0.6 is 0 Å². The maximum atomic E-state index is 2.64. The lowest BCUT2D eigenvalue weighted by Crippen LogP contribution is -2.53. The van der Waals surface area contributed by atoms with Gasteiger partial charge in [0.1, 0.15) is 0 Å². The molecule has 344 valence electrons. The summed E-state index contributed by atoms with van der Waals surface area (Å²) in [4.78, 5) is 5.16. The number of benzene rings is 9. The van der Waals surface area contributed by atoms with E-state index in [0.29, 0.717) is 0 Å². The number of rotatable bonds is 8. The number of nitrogens with zero attached hydrogens (tertiary/aromatic N) is 2. The Labute approximate surface area is 421 Å². The summed E-state index contributed by atoms with van der Waals surface area (Å²) in [5.74, 6) is 0. The topological polar surface area (TPSA) is 6.48 Å². The highest BCUT2D eigenvalue weighted by Crippen LogP contribution is 2.59. The molecule has 0 spiro atoms. The van der Waals surface area contributed by atoms with Gasteiger partial charge in [0.2, 0.25) is 6.71 Å². The molecule has 0 bridgehead atoms. The van der Waals surface area contributed by atoms with E-state index in [0.717, 1.165) is 18.5 Å². The van der Waals surface area contributed by atoms with Crippen LogP contribution in [0, 0.1) is 13.8 Å². The molecule has 3 heteroatoms. The molecule has 12 rings (SSSR count). The van der Waals surface area contributed by atoms with E-state index in [1.54, 1.807) is 0 Å². The first-order valence-corrected chi connectivity index (χ1v) is 25.4. The van der Waals surface area contributed by atoms with Crippen LogP contribution in [0.15, 0.2) is 236 Å². The van der Waals surface area contributed by atoms with Gasteiger partial charge < -0.3 is 9.80 Å². The fourth-order valence-electron chi connectivity index (χ4n) is 12.2. The van der Waals surface area contributed by atoms with Crippen molar-refractivity contribution >= 4 is 57.1 Å². The second kappa shape index (κ2) is 17.5. The normalized spacial score (nSPS) is 15.3. The maximum Gasteiger partial charge on any atom is 0.241 e. The second-order valence-electron chi connectivity index (χ2n) is 21.0. The molecule has 2 aliphatic heterocycles. The van der Waals surface area contributed by atoms with Crippen LogP contribution in [0.5, 0.6) is 0 Å². The Hall–Kier alpha value is -7.88. The molecule has 71 heavy (non-hydrogen) atoms. The van der Waals surface area contributed by atoms with E-state index < -0.39 is 0 Å². The van der Waals surface area contributed by atoms with Crippen LogP contribution < -0.4 is 26.2 Å². The average molecular weight is 915 g/mol. The van der Waals surface area contributed by atoms with Gasteiger partial charge in [-0.15, -0.1) is 0 Å². The van der Waals surface area contributed by atoms with Gasteiger partial charge in [0, 0.05) is 27.9 Å². The van der Waals surface area contributed by atoms with Gasteiger partial charge in [0.05, 0.1) is 17.1 Å². The molecule has 1 aliphatic carbocycles. The van der Waals surface area contributed by atoms with Crippen molar-refractivity contribution in [2.24, 2.45) is 0 Å². The van der Waals surface area contributed by atoms with E-state index in [1.165, 1.54) is 112 Å². The Balaban J connectivity index is 1.04. The monoisotopic (exact) mass is 914 g/mol. The van der Waals surface area contributed by atoms with Crippen molar-refractivity contribution in [3.63, 3.8) is 0 Å². The Morgan fingerprint density at radius 3 is 1.62 bits per heavy atom. The lowest BCUT2D eigenvalue weighted by atomic mass is 9.35. The Morgan fingerprint density at radius 1 is 0.380 bits per heavy atom. The molecule has 2 heterocycles. The van der Waals surface area contributed by atoms with Gasteiger partial charge in [-0.25, -0.2) is 0 Å². The molecule has 0 amide bonds. The summed E-state index contributed by atoms with van der Waals surface area (Å²) in [5, 5.41) is 0. The molecular weight excluding hydrogens is 856 g/mol. The average Bonchev–Trinajstić information content (AvgIpc) is 3.41. The summed E-state index contributed by atoms with van der Waals surface area (Å²) in [7, 11) is 0. The van der Waals surface area contributed by atoms with Crippen LogP contribution in [-0.2, 0) is 10.8 Å². The Kier molecular flexibility index (Phi) is 10.9. The third-order valence-corrected chi connectivity index (χ3v) is 16.0. The minimum Gasteiger partial charge on any atom is -0.314 e. The van der Waals surface area contributed by atoms with Crippen molar-refractivity contribution in [1.82, 2.24) is 0 Å². The Morgan fingerprint density at radius 2 is 0.915 bits per heavy atom. The van der Waals surface area contributed by atoms with E-state index in [9.17, 15) is 0 Å². The van der Waals surface area contributed by atoms with Crippen molar-refractivity contribution in [2.75, 3.05) is 9.80 Å². The fourth-order valence-corrected chi connectivity index (χ4v) is 12.2. The van der Waals surface area contributed by atoms with E-state index >= 15 is 0 Å². The first-order valence-electron chi connectivity index (χ1n) is 25.4. The molecule has 0 atom stereocenters. The number of para-hydroxylation sites is 1. The van der Waals surface area contributed by atoms with Gasteiger partial charge >= 0.3 is 0 Å². The van der Waals surface area contributed by atoms with Crippen LogP contribution in [0.4, 0.5) is 28.4 Å². The van der Waals surface area contributed by atoms with Crippen molar-refractivity contribution in [3.05, 3.63) is 269 Å². The molecule has 0 N–H and O–H groups in total. The van der Waals surface area contributed by atoms with Crippen LogP contribution in [0.1, 0.15) is 73.9 Å². The standard InChI is InChI=1S/C68H59BN2/c1-46-22-19-20-33-61(46)69(54-28-15-9-16-29-54)62-37-34-51(40-47(62)2)50-27-21-32-56(41-50)71-64-39-36-53(49-25-13-8-14-26-49)43-58(64)68(5,6)60-44-65-59(45-66(60)71)67(3,4)57-42-52(48-23-11-7-12-24-48)35-38-63(57)70(65)55-30-17-10-18-31-55/h7-35,37-38,40-45H,36,39H2,1-6H3. The van der Waals surface area contributed by atoms with Gasteiger partial charge in [0.15, 0.2) is 0 Å². The van der Waals surface area contributed by atoms with Crippen molar-refractivity contribution in [3.8, 4) is 22.3 Å². The summed E-state index contributed by atoms with van der Waals surface area (Å²) in [6.45, 7) is 14.4. The van der Waals surface area contributed by atoms with Crippen LogP contribution in [-0.4, -0.2) is 6.71 Å². The number of allylic oxidation sites excluding steroid dienone is 4. The third kappa shape index (κ3) is 7.58. The molecule has 9 aromatic rings. The quantitative estimate of drug-likeness (QED) is 0.140. The highest BCUT2D eigenvalue weighted by molar-refractivity contribution is 6.96. The molecule has 2 nitrogen and oxygen atoms in total. The SMILES string of the molecule is Cc1ccccc1B(c1ccccc1)c1ccc(-c2cccc(N3C4=C(C=C(c5ccccc5)CC4)C(C)(C)c4cc5c(cc43)C(C)(C)c3cc(-c4ccccc4)ccc3N5c3ccccc3)c2)cc1C. The van der Waals surface area contributed by atoms with Crippen LogP contribution in [0.3, 0.4) is 0 Å². The minimum absolute atomic E-state index is 0.140. The lowest BCUT2D eigenvalue weighted by Gasteiger charge is -2.48. The van der Waals surface area contributed by atoms with Gasteiger partial charge in [0.25, 0.3) is 0 Å². The smallest absolute Gasteiger partial charge is 0.241 e. The lowest BCUT2D eigenvalue weighted by molar-refractivity contribution is 0.597. The van der Waals surface area contributed by atoms with Gasteiger partial charge in [-0.1, -0.05) is 231 Å². The zero-order valence-electron chi connectivity index (χ0n) is 41.7. The van der Waals surface area contributed by atoms with Crippen molar-refractivity contribution in [2.45, 2.75) is 65.2 Å². The molecule has 0 fully saturated rings. The fraction of sp³-hybridized carbons (Fsp3) is 0.147. The van der Waals surface area contributed by atoms with E-state index in [2.05, 4.69) is 276 Å². The van der Waals surface area contributed by atoms with E-state index in [4.69, 9.17) is 0 Å². The van der Waals surface area contributed by atoms with E-state index in [1.807, 2.05) is 0 Å². The summed E-state index contributed by atoms with van der Waals surface area (Å²) in [6.07, 6.45) is 4.45. The number of anilines is 5. The summed E-state index contributed by atoms with van der Waals surface area (Å²) >= 11 is 0. The summed E-state index contributed by atoms with van der Waals surface area (Å²) in [5.41, 5.74) is 26.4. The first kappa shape index (κ1) is 44.3. The third-order valence-electron chi connectivity index (χ3n) is 16.0. The Bertz CT molecular complexity index is 3550. The molecule has 0 aromatic heterocycles. The summed E-state index contributed by atoms with van der Waals surface area (Å²) < 4.78 is 0. The van der Waals surface area contributed by atoms with Crippen molar-refractivity contribution < 1.29 is 0 Å². The highest BCUT2D eigenvalue weighted by atomic mass is 15.2.